The third-order valence-corrected chi connectivity index (χ3v) is 5.32. The molecule has 1 saturated heterocycles. The molecule has 0 saturated carbocycles. The molecule has 4 rings (SSSR count). The average Bonchev–Trinajstić information content (AvgIpc) is 3.13. The van der Waals surface area contributed by atoms with Gasteiger partial charge in [-0.3, -0.25) is 4.79 Å². The van der Waals surface area contributed by atoms with Crippen molar-refractivity contribution in [3.05, 3.63) is 35.4 Å². The minimum absolute atomic E-state index is 0.179. The van der Waals surface area contributed by atoms with Crippen LogP contribution < -0.4 is 0 Å². The normalized spacial score (nSPS) is 24.1. The zero-order valence-electron chi connectivity index (χ0n) is 14.4. The van der Waals surface area contributed by atoms with E-state index in [1.54, 1.807) is 0 Å². The Labute approximate surface area is 146 Å². The molecule has 3 heterocycles. The summed E-state index contributed by atoms with van der Waals surface area (Å²) in [4.78, 5) is 30.2. The van der Waals surface area contributed by atoms with Crippen LogP contribution in [0.15, 0.2) is 29.3 Å². The Balaban J connectivity index is 1.44. The van der Waals surface area contributed by atoms with Gasteiger partial charge in [0.15, 0.2) is 6.10 Å². The number of carbonyl (C=O) groups is 2. The molecule has 6 heteroatoms. The van der Waals surface area contributed by atoms with Gasteiger partial charge in [-0.25, -0.2) is 4.79 Å². The molecule has 6 nitrogen and oxygen atoms in total. The second-order valence-electron chi connectivity index (χ2n) is 6.90. The van der Waals surface area contributed by atoms with Crippen molar-refractivity contribution in [2.75, 3.05) is 13.1 Å². The van der Waals surface area contributed by atoms with Crippen LogP contribution in [0.5, 0.6) is 0 Å². The lowest BCUT2D eigenvalue weighted by Crippen LogP contribution is -2.45. The highest BCUT2D eigenvalue weighted by Gasteiger charge is 2.48. The smallest absolute Gasteiger partial charge is 0.339 e. The van der Waals surface area contributed by atoms with Gasteiger partial charge < -0.3 is 14.4 Å². The van der Waals surface area contributed by atoms with Crippen molar-refractivity contribution in [1.29, 1.82) is 0 Å². The topological polar surface area (TPSA) is 68.2 Å². The number of piperidine rings is 1. The van der Waals surface area contributed by atoms with E-state index >= 15 is 0 Å². The first-order valence-corrected chi connectivity index (χ1v) is 9.00. The summed E-state index contributed by atoms with van der Waals surface area (Å²) in [6.07, 6.45) is 3.60. The number of unbranched alkanes of at least 4 members (excludes halogenated alkanes) is 1. The maximum absolute atomic E-state index is 12.1. The number of ether oxygens (including phenoxy) is 2. The summed E-state index contributed by atoms with van der Waals surface area (Å²) in [6.45, 7) is 3.38. The lowest BCUT2D eigenvalue weighted by atomic mass is 9.84. The molecule has 0 N–H and O–H groups in total. The second kappa shape index (κ2) is 6.17. The number of likely N-dealkylation sites (tertiary alicyclic amines) is 1. The van der Waals surface area contributed by atoms with Crippen molar-refractivity contribution in [1.82, 2.24) is 4.90 Å². The van der Waals surface area contributed by atoms with Crippen molar-refractivity contribution in [3.63, 3.8) is 0 Å². The molecule has 25 heavy (non-hydrogen) atoms. The van der Waals surface area contributed by atoms with Gasteiger partial charge in [-0.1, -0.05) is 31.5 Å². The summed E-state index contributed by atoms with van der Waals surface area (Å²) in [5.41, 5.74) is 1.10. The quantitative estimate of drug-likeness (QED) is 0.790. The molecule has 0 bridgehead atoms. The van der Waals surface area contributed by atoms with Crippen LogP contribution in [0.3, 0.4) is 0 Å². The van der Waals surface area contributed by atoms with E-state index in [0.29, 0.717) is 43.9 Å². The third kappa shape index (κ3) is 2.69. The molecule has 0 radical (unpaired) electrons. The SMILES string of the molecule is CCCCC1OC(N2CCC3(CC2)OC(=O)c2ccccc23)=NC1=O. The summed E-state index contributed by atoms with van der Waals surface area (Å²) in [7, 11) is 0. The van der Waals surface area contributed by atoms with Crippen LogP contribution in [-0.2, 0) is 19.9 Å². The minimum atomic E-state index is -0.547. The summed E-state index contributed by atoms with van der Waals surface area (Å²) in [5, 5.41) is 0. The number of hydrogen-bond donors (Lipinski definition) is 0. The number of fused-ring (bicyclic) bond motifs is 2. The van der Waals surface area contributed by atoms with Gasteiger partial charge in [0.2, 0.25) is 0 Å². The van der Waals surface area contributed by atoms with Crippen molar-refractivity contribution in [3.8, 4) is 0 Å². The highest BCUT2D eigenvalue weighted by atomic mass is 16.6. The van der Waals surface area contributed by atoms with Crippen LogP contribution in [0.4, 0.5) is 0 Å². The number of hydrogen-bond acceptors (Lipinski definition) is 5. The third-order valence-electron chi connectivity index (χ3n) is 5.32. The first-order valence-electron chi connectivity index (χ1n) is 9.00. The van der Waals surface area contributed by atoms with Crippen LogP contribution in [0.25, 0.3) is 0 Å². The predicted octanol–water partition coefficient (Wildman–Crippen LogP) is 2.62. The maximum Gasteiger partial charge on any atom is 0.339 e. The second-order valence-corrected chi connectivity index (χ2v) is 6.90. The first kappa shape index (κ1) is 16.1. The van der Waals surface area contributed by atoms with Crippen LogP contribution >= 0.6 is 0 Å². The fourth-order valence-electron chi connectivity index (χ4n) is 3.86. The number of amides is 1. The van der Waals surface area contributed by atoms with Gasteiger partial charge >= 0.3 is 5.97 Å². The number of esters is 1. The lowest BCUT2D eigenvalue weighted by molar-refractivity contribution is -0.123. The van der Waals surface area contributed by atoms with Crippen LogP contribution in [0.1, 0.15) is 54.9 Å². The summed E-state index contributed by atoms with van der Waals surface area (Å²) in [6, 6.07) is 8.02. The molecular weight excluding hydrogens is 320 g/mol. The standard InChI is InChI=1S/C19H22N2O4/c1-2-3-8-15-16(22)20-18(24-15)21-11-9-19(10-12-21)14-7-5-4-6-13(14)17(23)25-19/h4-7,15H,2-3,8-12H2,1H3. The van der Waals surface area contributed by atoms with E-state index in [1.165, 1.54) is 0 Å². The van der Waals surface area contributed by atoms with Crippen molar-refractivity contribution < 1.29 is 19.1 Å². The Hall–Kier alpha value is -2.37. The van der Waals surface area contributed by atoms with Gasteiger partial charge in [0, 0.05) is 31.5 Å². The van der Waals surface area contributed by atoms with E-state index in [0.717, 1.165) is 18.4 Å². The molecule has 0 aliphatic carbocycles. The molecule has 1 aromatic rings. The minimum Gasteiger partial charge on any atom is -0.451 e. The highest BCUT2D eigenvalue weighted by molar-refractivity contribution is 5.98. The fourth-order valence-corrected chi connectivity index (χ4v) is 3.86. The zero-order valence-corrected chi connectivity index (χ0v) is 14.4. The predicted molar refractivity (Wildman–Crippen MR) is 91.2 cm³/mol. The first-order chi connectivity index (χ1) is 12.1. The van der Waals surface area contributed by atoms with E-state index in [2.05, 4.69) is 11.9 Å². The molecule has 1 fully saturated rings. The molecule has 1 atom stereocenters. The molecule has 1 spiro atoms. The Kier molecular flexibility index (Phi) is 3.98. The molecular formula is C19H22N2O4. The molecule has 132 valence electrons. The van der Waals surface area contributed by atoms with Crippen molar-refractivity contribution >= 4 is 17.9 Å². The average molecular weight is 342 g/mol. The van der Waals surface area contributed by atoms with E-state index in [9.17, 15) is 9.59 Å². The highest BCUT2D eigenvalue weighted by Crippen LogP contribution is 2.44. The van der Waals surface area contributed by atoms with Gasteiger partial charge in [0.1, 0.15) is 5.60 Å². The molecule has 1 aromatic carbocycles. The molecule has 0 aromatic heterocycles. The Morgan fingerprint density at radius 1 is 1.24 bits per heavy atom. The summed E-state index contributed by atoms with van der Waals surface area (Å²) >= 11 is 0. The Morgan fingerprint density at radius 3 is 2.76 bits per heavy atom. The van der Waals surface area contributed by atoms with E-state index < -0.39 is 11.7 Å². The number of amidine groups is 1. The summed E-state index contributed by atoms with van der Waals surface area (Å²) < 4.78 is 11.5. The fraction of sp³-hybridized carbons (Fsp3) is 0.526. The monoisotopic (exact) mass is 342 g/mol. The molecule has 3 aliphatic heterocycles. The molecule has 3 aliphatic rings. The van der Waals surface area contributed by atoms with Crippen molar-refractivity contribution in [2.45, 2.75) is 50.7 Å². The van der Waals surface area contributed by atoms with E-state index in [1.807, 2.05) is 29.2 Å². The number of aliphatic imine (C=N–C) groups is 1. The number of nitrogens with zero attached hydrogens (tertiary/aromatic N) is 2. The van der Waals surface area contributed by atoms with Crippen LogP contribution in [0.2, 0.25) is 0 Å². The zero-order chi connectivity index (χ0) is 17.4. The van der Waals surface area contributed by atoms with E-state index in [4.69, 9.17) is 9.47 Å². The van der Waals surface area contributed by atoms with Crippen LogP contribution in [-0.4, -0.2) is 42.0 Å². The van der Waals surface area contributed by atoms with Gasteiger partial charge in [-0.15, -0.1) is 0 Å². The number of benzene rings is 1. The van der Waals surface area contributed by atoms with Crippen molar-refractivity contribution in [2.24, 2.45) is 4.99 Å². The Morgan fingerprint density at radius 2 is 2.00 bits per heavy atom. The number of rotatable bonds is 3. The van der Waals surface area contributed by atoms with Gasteiger partial charge in [-0.05, 0) is 18.9 Å². The summed E-state index contributed by atoms with van der Waals surface area (Å²) in [5.74, 6) is -0.422. The molecule has 1 amide bonds. The maximum atomic E-state index is 12.1. The largest absolute Gasteiger partial charge is 0.451 e. The molecule has 1 unspecified atom stereocenters. The Bertz CT molecular complexity index is 735. The number of carbonyl (C=O) groups excluding carboxylic acids is 2. The van der Waals surface area contributed by atoms with Gasteiger partial charge in [0.25, 0.3) is 11.9 Å². The van der Waals surface area contributed by atoms with Crippen LogP contribution in [0, 0.1) is 0 Å². The lowest BCUT2D eigenvalue weighted by Gasteiger charge is -2.38. The van der Waals surface area contributed by atoms with Gasteiger partial charge in [0.05, 0.1) is 5.56 Å². The van der Waals surface area contributed by atoms with Gasteiger partial charge in [-0.2, -0.15) is 4.99 Å². The van der Waals surface area contributed by atoms with E-state index in [-0.39, 0.29) is 11.9 Å².